The lowest BCUT2D eigenvalue weighted by Gasteiger charge is -2.15. The molecular weight excluding hydrogens is 248 g/mol. The third kappa shape index (κ3) is 2.47. The average molecular weight is 263 g/mol. The molecule has 4 heteroatoms. The summed E-state index contributed by atoms with van der Waals surface area (Å²) >= 11 is 6.11. The zero-order valence-electron chi connectivity index (χ0n) is 10.4. The minimum Gasteiger partial charge on any atom is -0.495 e. The van der Waals surface area contributed by atoms with Crippen molar-refractivity contribution in [2.45, 2.75) is 13.0 Å². The van der Waals surface area contributed by atoms with Gasteiger partial charge in [-0.2, -0.15) is 0 Å². The molecule has 2 N–H and O–H groups in total. The zero-order chi connectivity index (χ0) is 13.1. The second kappa shape index (κ2) is 5.38. The highest BCUT2D eigenvalue weighted by molar-refractivity contribution is 6.31. The molecule has 3 nitrogen and oxygen atoms in total. The maximum atomic E-state index is 6.21. The molecule has 18 heavy (non-hydrogen) atoms. The lowest BCUT2D eigenvalue weighted by molar-refractivity contribution is 0.404. The molecular formula is C14H15ClN2O. The molecule has 1 atom stereocenters. The number of aryl methyl sites for hydroxylation is 1. The number of nitrogens with two attached hydrogens (primary N) is 1. The van der Waals surface area contributed by atoms with Crippen LogP contribution in [-0.4, -0.2) is 12.1 Å². The quantitative estimate of drug-likeness (QED) is 0.925. The lowest BCUT2D eigenvalue weighted by Crippen LogP contribution is -2.14. The van der Waals surface area contributed by atoms with Gasteiger partial charge in [-0.15, -0.1) is 0 Å². The number of pyridine rings is 1. The van der Waals surface area contributed by atoms with Crippen molar-refractivity contribution in [3.63, 3.8) is 0 Å². The van der Waals surface area contributed by atoms with Gasteiger partial charge >= 0.3 is 0 Å². The van der Waals surface area contributed by atoms with Crippen LogP contribution in [0.1, 0.15) is 22.9 Å². The molecule has 2 aromatic rings. The summed E-state index contributed by atoms with van der Waals surface area (Å²) in [6.07, 6.45) is 1.70. The molecule has 1 unspecified atom stereocenters. The summed E-state index contributed by atoms with van der Waals surface area (Å²) in [4.78, 5) is 4.28. The Kier molecular flexibility index (Phi) is 3.84. The molecule has 1 aromatic heterocycles. The van der Waals surface area contributed by atoms with E-state index in [1.165, 1.54) is 0 Å². The molecule has 0 aliphatic heterocycles. The third-order valence-corrected chi connectivity index (χ3v) is 3.28. The first-order chi connectivity index (χ1) is 8.63. The molecule has 0 aliphatic rings. The number of ether oxygens (including phenoxy) is 1. The summed E-state index contributed by atoms with van der Waals surface area (Å²) in [7, 11) is 1.61. The Morgan fingerprint density at radius 1 is 1.33 bits per heavy atom. The highest BCUT2D eigenvalue weighted by Crippen LogP contribution is 2.28. The van der Waals surface area contributed by atoms with E-state index in [1.54, 1.807) is 13.3 Å². The van der Waals surface area contributed by atoms with E-state index in [-0.39, 0.29) is 6.04 Å². The predicted molar refractivity (Wildman–Crippen MR) is 73.0 cm³/mol. The number of halogens is 1. The van der Waals surface area contributed by atoms with Crippen molar-refractivity contribution in [3.8, 4) is 5.75 Å². The first-order valence-electron chi connectivity index (χ1n) is 5.64. The molecule has 0 saturated heterocycles. The largest absolute Gasteiger partial charge is 0.495 e. The van der Waals surface area contributed by atoms with Crippen molar-refractivity contribution in [2.75, 3.05) is 7.11 Å². The van der Waals surface area contributed by atoms with Gasteiger partial charge in [-0.25, -0.2) is 0 Å². The number of methoxy groups -OCH3 is 1. The second-order valence-electron chi connectivity index (χ2n) is 4.08. The molecule has 0 radical (unpaired) electrons. The van der Waals surface area contributed by atoms with E-state index in [0.717, 1.165) is 11.1 Å². The second-order valence-corrected chi connectivity index (χ2v) is 4.48. The van der Waals surface area contributed by atoms with Gasteiger partial charge in [0.1, 0.15) is 11.4 Å². The highest BCUT2D eigenvalue weighted by Gasteiger charge is 2.15. The molecule has 0 spiro atoms. The van der Waals surface area contributed by atoms with Crippen LogP contribution in [0.4, 0.5) is 0 Å². The molecule has 0 aliphatic carbocycles. The summed E-state index contributed by atoms with van der Waals surface area (Å²) in [6, 6.07) is 9.09. The maximum Gasteiger partial charge on any atom is 0.142 e. The Morgan fingerprint density at radius 2 is 2.11 bits per heavy atom. The molecule has 0 saturated carbocycles. The smallest absolute Gasteiger partial charge is 0.142 e. The van der Waals surface area contributed by atoms with Crippen molar-refractivity contribution < 1.29 is 4.74 Å². The van der Waals surface area contributed by atoms with E-state index >= 15 is 0 Å². The van der Waals surface area contributed by atoms with E-state index in [4.69, 9.17) is 22.1 Å². The number of nitrogens with zero attached hydrogens (tertiary/aromatic N) is 1. The van der Waals surface area contributed by atoms with Gasteiger partial charge in [0, 0.05) is 11.2 Å². The van der Waals surface area contributed by atoms with Gasteiger partial charge in [0.05, 0.1) is 13.2 Å². The monoisotopic (exact) mass is 262 g/mol. The SMILES string of the molecule is COc1cccnc1C(N)c1ccc(C)c(Cl)c1. The minimum atomic E-state index is -0.348. The summed E-state index contributed by atoms with van der Waals surface area (Å²) in [6.45, 7) is 1.96. The first kappa shape index (κ1) is 12.9. The fourth-order valence-corrected chi connectivity index (χ4v) is 1.96. The summed E-state index contributed by atoms with van der Waals surface area (Å²) < 4.78 is 5.27. The number of rotatable bonds is 3. The molecule has 94 valence electrons. The van der Waals surface area contributed by atoms with Crippen LogP contribution in [0.25, 0.3) is 0 Å². The molecule has 1 heterocycles. The van der Waals surface area contributed by atoms with E-state index < -0.39 is 0 Å². The minimum absolute atomic E-state index is 0.348. The summed E-state index contributed by atoms with van der Waals surface area (Å²) in [5.74, 6) is 0.682. The number of hydrogen-bond acceptors (Lipinski definition) is 3. The maximum absolute atomic E-state index is 6.21. The first-order valence-corrected chi connectivity index (χ1v) is 6.02. The Labute approximate surface area is 112 Å². The van der Waals surface area contributed by atoms with Gasteiger partial charge in [0.25, 0.3) is 0 Å². The Hall–Kier alpha value is -1.58. The predicted octanol–water partition coefficient (Wildman–Crippen LogP) is 3.10. The topological polar surface area (TPSA) is 48.1 Å². The normalized spacial score (nSPS) is 12.2. The van der Waals surface area contributed by atoms with Gasteiger partial charge in [-0.3, -0.25) is 4.98 Å². The standard InChI is InChI=1S/C14H15ClN2O/c1-9-5-6-10(8-11(9)15)13(16)14-12(18-2)4-3-7-17-14/h3-8,13H,16H2,1-2H3. The van der Waals surface area contributed by atoms with Crippen molar-refractivity contribution in [3.05, 3.63) is 58.4 Å². The lowest BCUT2D eigenvalue weighted by atomic mass is 10.0. The Bertz CT molecular complexity index is 557. The van der Waals surface area contributed by atoms with Crippen molar-refractivity contribution in [2.24, 2.45) is 5.73 Å². The molecule has 0 bridgehead atoms. The zero-order valence-corrected chi connectivity index (χ0v) is 11.1. The van der Waals surface area contributed by atoms with Crippen molar-refractivity contribution in [1.82, 2.24) is 4.98 Å². The third-order valence-electron chi connectivity index (χ3n) is 2.87. The molecule has 0 amide bonds. The number of benzene rings is 1. The van der Waals surface area contributed by atoms with Crippen LogP contribution in [0, 0.1) is 6.92 Å². The van der Waals surface area contributed by atoms with Gasteiger partial charge in [0.15, 0.2) is 0 Å². The fourth-order valence-electron chi connectivity index (χ4n) is 1.77. The van der Waals surface area contributed by atoms with Crippen LogP contribution in [0.5, 0.6) is 5.75 Å². The summed E-state index contributed by atoms with van der Waals surface area (Å²) in [5, 5.41) is 0.706. The van der Waals surface area contributed by atoms with Gasteiger partial charge < -0.3 is 10.5 Å². The van der Waals surface area contributed by atoms with Crippen LogP contribution < -0.4 is 10.5 Å². The average Bonchev–Trinajstić information content (AvgIpc) is 2.41. The van der Waals surface area contributed by atoms with Crippen LogP contribution in [-0.2, 0) is 0 Å². The van der Waals surface area contributed by atoms with Crippen LogP contribution in [0.2, 0.25) is 5.02 Å². The number of aromatic nitrogens is 1. The fraction of sp³-hybridized carbons (Fsp3) is 0.214. The van der Waals surface area contributed by atoms with Crippen LogP contribution in [0.15, 0.2) is 36.5 Å². The Balaban J connectivity index is 2.41. The molecule has 1 aromatic carbocycles. The molecule has 0 fully saturated rings. The van der Waals surface area contributed by atoms with E-state index in [1.807, 2.05) is 37.3 Å². The van der Waals surface area contributed by atoms with Crippen molar-refractivity contribution in [1.29, 1.82) is 0 Å². The van der Waals surface area contributed by atoms with E-state index in [0.29, 0.717) is 16.5 Å². The molecule has 2 rings (SSSR count). The highest BCUT2D eigenvalue weighted by atomic mass is 35.5. The Morgan fingerprint density at radius 3 is 2.78 bits per heavy atom. The van der Waals surface area contributed by atoms with Gasteiger partial charge in [-0.05, 0) is 36.2 Å². The van der Waals surface area contributed by atoms with Crippen LogP contribution in [0.3, 0.4) is 0 Å². The van der Waals surface area contributed by atoms with Crippen molar-refractivity contribution >= 4 is 11.6 Å². The van der Waals surface area contributed by atoms with E-state index in [9.17, 15) is 0 Å². The summed E-state index contributed by atoms with van der Waals surface area (Å²) in [5.41, 5.74) is 8.87. The van der Waals surface area contributed by atoms with E-state index in [2.05, 4.69) is 4.98 Å². The van der Waals surface area contributed by atoms with Crippen LogP contribution >= 0.6 is 11.6 Å². The number of hydrogen-bond donors (Lipinski definition) is 1. The van der Waals surface area contributed by atoms with Gasteiger partial charge in [-0.1, -0.05) is 23.7 Å². The van der Waals surface area contributed by atoms with Gasteiger partial charge in [0.2, 0.25) is 0 Å².